The minimum atomic E-state index is -0.254. The van der Waals surface area contributed by atoms with E-state index in [4.69, 9.17) is 14.2 Å². The first-order valence-corrected chi connectivity index (χ1v) is 9.02. The largest absolute Gasteiger partial charge is 0.492 e. The van der Waals surface area contributed by atoms with Crippen molar-refractivity contribution in [2.75, 3.05) is 32.8 Å². The first-order valence-electron chi connectivity index (χ1n) is 9.02. The predicted octanol–water partition coefficient (Wildman–Crippen LogP) is 1.62. The van der Waals surface area contributed by atoms with Crippen LogP contribution in [0.15, 0.2) is 30.3 Å². The van der Waals surface area contributed by atoms with Crippen molar-refractivity contribution in [3.05, 3.63) is 47.0 Å². The fourth-order valence-electron chi connectivity index (χ4n) is 3.66. The predicted molar refractivity (Wildman–Crippen MR) is 101 cm³/mol. The number of carbonyl (C=O) groups is 1. The van der Waals surface area contributed by atoms with Crippen molar-refractivity contribution in [2.24, 2.45) is 0 Å². The fourth-order valence-corrected chi connectivity index (χ4v) is 3.66. The molecule has 2 amide bonds. The Morgan fingerprint density at radius 3 is 2.78 bits per heavy atom. The molecule has 1 unspecified atom stereocenters. The number of quaternary nitrogens is 1. The minimum absolute atomic E-state index is 0.184. The van der Waals surface area contributed by atoms with E-state index in [0.29, 0.717) is 17.2 Å². The molecule has 27 heavy (non-hydrogen) atoms. The Hall–Kier alpha value is -2.93. The van der Waals surface area contributed by atoms with Crippen molar-refractivity contribution in [3.8, 4) is 17.2 Å². The van der Waals surface area contributed by atoms with Crippen LogP contribution in [0.4, 0.5) is 10.5 Å². The van der Waals surface area contributed by atoms with Gasteiger partial charge in [0.2, 0.25) is 12.5 Å². The molecule has 142 valence electrons. The zero-order valence-electron chi connectivity index (χ0n) is 15.7. The summed E-state index contributed by atoms with van der Waals surface area (Å²) < 4.78 is 16.8. The molecule has 3 N–H and O–H groups in total. The molecule has 2 aromatic rings. The third-order valence-corrected chi connectivity index (χ3v) is 5.10. The van der Waals surface area contributed by atoms with Gasteiger partial charge in [-0.1, -0.05) is 17.7 Å². The van der Waals surface area contributed by atoms with Crippen LogP contribution in [0, 0.1) is 6.92 Å². The Labute approximate surface area is 158 Å². The molecule has 0 spiro atoms. The second-order valence-electron chi connectivity index (χ2n) is 6.96. The molecule has 2 atom stereocenters. The molecule has 0 fully saturated rings. The summed E-state index contributed by atoms with van der Waals surface area (Å²) >= 11 is 0. The lowest BCUT2D eigenvalue weighted by atomic mass is 9.95. The summed E-state index contributed by atoms with van der Waals surface area (Å²) in [6.07, 6.45) is 0.634. The highest BCUT2D eigenvalue weighted by Gasteiger charge is 2.37. The van der Waals surface area contributed by atoms with Crippen LogP contribution in [0.5, 0.6) is 17.2 Å². The van der Waals surface area contributed by atoms with E-state index in [9.17, 15) is 4.79 Å². The van der Waals surface area contributed by atoms with Crippen LogP contribution in [0.1, 0.15) is 22.9 Å². The maximum Gasteiger partial charge on any atom is 0.324 e. The van der Waals surface area contributed by atoms with Crippen molar-refractivity contribution in [1.82, 2.24) is 5.32 Å². The van der Waals surface area contributed by atoms with Crippen molar-refractivity contribution in [1.29, 1.82) is 0 Å². The molecule has 2 aromatic carbocycles. The van der Waals surface area contributed by atoms with Crippen LogP contribution >= 0.6 is 0 Å². The molecule has 0 saturated heterocycles. The van der Waals surface area contributed by atoms with Gasteiger partial charge in [-0.25, -0.2) is 4.79 Å². The summed E-state index contributed by atoms with van der Waals surface area (Å²) in [6, 6.07) is 9.45. The van der Waals surface area contributed by atoms with Gasteiger partial charge >= 0.3 is 6.03 Å². The standard InChI is InChI=1S/C20H23N3O4/c1-12-4-6-14(7-5-12)21-20(24)22-19-16-13(8-9-23(19)2)10-15-17(18(16)25-3)27-11-26-15/h4-7,10,19H,8-9,11H2,1-3H3,(H2,21,22,24)/p+1/t19-/m0/s1. The highest BCUT2D eigenvalue weighted by Crippen LogP contribution is 2.46. The number of anilines is 1. The van der Waals surface area contributed by atoms with E-state index >= 15 is 0 Å². The minimum Gasteiger partial charge on any atom is -0.492 e. The molecule has 4 rings (SSSR count). The van der Waals surface area contributed by atoms with E-state index in [-0.39, 0.29) is 19.0 Å². The number of aryl methyl sites for hydroxylation is 1. The van der Waals surface area contributed by atoms with E-state index in [2.05, 4.69) is 17.7 Å². The molecule has 2 aliphatic rings. The average Bonchev–Trinajstić information content (AvgIpc) is 3.12. The van der Waals surface area contributed by atoms with Gasteiger partial charge in [0.05, 0.1) is 26.3 Å². The Balaban J connectivity index is 1.62. The molecule has 7 heteroatoms. The van der Waals surface area contributed by atoms with Crippen molar-refractivity contribution < 1.29 is 23.9 Å². The van der Waals surface area contributed by atoms with Crippen molar-refractivity contribution >= 4 is 11.7 Å². The second-order valence-corrected chi connectivity index (χ2v) is 6.96. The molecule has 2 heterocycles. The van der Waals surface area contributed by atoms with Crippen LogP contribution in [0.25, 0.3) is 0 Å². The van der Waals surface area contributed by atoms with Gasteiger partial charge in [-0.2, -0.15) is 0 Å². The van der Waals surface area contributed by atoms with Crippen LogP contribution in [-0.2, 0) is 6.42 Å². The quantitative estimate of drug-likeness (QED) is 0.768. The highest BCUT2D eigenvalue weighted by atomic mass is 16.7. The molecular formula is C20H24N3O4+. The Morgan fingerprint density at radius 1 is 1.26 bits per heavy atom. The lowest BCUT2D eigenvalue weighted by Crippen LogP contribution is -3.12. The number of likely N-dealkylation sites (N-methyl/N-ethyl adjacent to an activating group) is 1. The zero-order valence-corrected chi connectivity index (χ0v) is 15.7. The van der Waals surface area contributed by atoms with E-state index in [1.807, 2.05) is 37.3 Å². The van der Waals surface area contributed by atoms with E-state index in [0.717, 1.165) is 35.3 Å². The number of benzene rings is 2. The van der Waals surface area contributed by atoms with Crippen LogP contribution in [0.2, 0.25) is 0 Å². The maximum atomic E-state index is 12.6. The first-order chi connectivity index (χ1) is 13.1. The van der Waals surface area contributed by atoms with Gasteiger partial charge in [-0.05, 0) is 30.7 Å². The van der Waals surface area contributed by atoms with Crippen LogP contribution in [-0.4, -0.2) is 33.5 Å². The highest BCUT2D eigenvalue weighted by molar-refractivity contribution is 5.89. The van der Waals surface area contributed by atoms with Crippen LogP contribution < -0.4 is 29.7 Å². The molecule has 0 radical (unpaired) electrons. The number of methoxy groups -OCH3 is 1. The van der Waals surface area contributed by atoms with E-state index in [1.165, 1.54) is 4.90 Å². The number of nitrogens with one attached hydrogen (secondary N) is 3. The van der Waals surface area contributed by atoms with Crippen molar-refractivity contribution in [2.45, 2.75) is 19.5 Å². The normalized spacial score (nSPS) is 20.0. The van der Waals surface area contributed by atoms with Gasteiger partial charge in [0, 0.05) is 12.1 Å². The van der Waals surface area contributed by atoms with Crippen molar-refractivity contribution in [3.63, 3.8) is 0 Å². The molecule has 0 aliphatic carbocycles. The summed E-state index contributed by atoms with van der Waals surface area (Å²) in [5, 5.41) is 5.99. The third-order valence-electron chi connectivity index (χ3n) is 5.10. The number of hydrogen-bond donors (Lipinski definition) is 3. The van der Waals surface area contributed by atoms with Crippen LogP contribution in [0.3, 0.4) is 0 Å². The number of fused-ring (bicyclic) bond motifs is 2. The summed E-state index contributed by atoms with van der Waals surface area (Å²) in [4.78, 5) is 13.8. The number of ether oxygens (including phenoxy) is 3. The lowest BCUT2D eigenvalue weighted by Gasteiger charge is -2.33. The zero-order chi connectivity index (χ0) is 19.0. The summed E-state index contributed by atoms with van der Waals surface area (Å²) in [5.74, 6) is 1.95. The second kappa shape index (κ2) is 7.00. The Kier molecular flexibility index (Phi) is 4.53. The Bertz CT molecular complexity index is 867. The number of rotatable bonds is 3. The number of urea groups is 1. The molecular weight excluding hydrogens is 346 g/mol. The molecule has 0 bridgehead atoms. The fraction of sp³-hybridized carbons (Fsp3) is 0.350. The third kappa shape index (κ3) is 3.26. The first kappa shape index (κ1) is 17.5. The summed E-state index contributed by atoms with van der Waals surface area (Å²) in [6.45, 7) is 3.09. The smallest absolute Gasteiger partial charge is 0.324 e. The number of hydrogen-bond acceptors (Lipinski definition) is 4. The average molecular weight is 370 g/mol. The topological polar surface area (TPSA) is 73.3 Å². The SMILES string of the molecule is COc1c2c(cc3c1[C@@H](NC(=O)Nc1ccc(C)cc1)[NH+](C)CC3)OCO2. The molecule has 2 aliphatic heterocycles. The van der Waals surface area contributed by atoms with E-state index in [1.54, 1.807) is 7.11 Å². The van der Waals surface area contributed by atoms with Gasteiger partial charge in [-0.15, -0.1) is 0 Å². The summed E-state index contributed by atoms with van der Waals surface area (Å²) in [5.41, 5.74) is 3.96. The summed E-state index contributed by atoms with van der Waals surface area (Å²) in [7, 11) is 3.68. The van der Waals surface area contributed by atoms with Gasteiger partial charge < -0.3 is 24.4 Å². The monoisotopic (exact) mass is 370 g/mol. The Morgan fingerprint density at radius 2 is 2.04 bits per heavy atom. The van der Waals surface area contributed by atoms with Gasteiger partial charge in [0.15, 0.2) is 17.7 Å². The number of carbonyl (C=O) groups excluding carboxylic acids is 1. The van der Waals surface area contributed by atoms with E-state index < -0.39 is 0 Å². The van der Waals surface area contributed by atoms with Gasteiger partial charge in [-0.3, -0.25) is 5.32 Å². The number of amides is 2. The molecule has 7 nitrogen and oxygen atoms in total. The molecule has 0 saturated carbocycles. The molecule has 0 aromatic heterocycles. The van der Waals surface area contributed by atoms with Gasteiger partial charge in [0.1, 0.15) is 0 Å². The maximum absolute atomic E-state index is 12.6. The lowest BCUT2D eigenvalue weighted by molar-refractivity contribution is -0.917. The van der Waals surface area contributed by atoms with Gasteiger partial charge in [0.25, 0.3) is 0 Å².